The summed E-state index contributed by atoms with van der Waals surface area (Å²) in [6.07, 6.45) is -13.4. The fraction of sp³-hybridized carbons (Fsp3) is 0.519. The van der Waals surface area contributed by atoms with Gasteiger partial charge in [0.2, 0.25) is 25.2 Å². The number of carbonyl (C=O) groups excluding carboxylic acids is 5. The number of aryl methyl sites for hydroxylation is 2. The van der Waals surface area contributed by atoms with E-state index in [9.17, 15) is 54.0 Å². The van der Waals surface area contributed by atoms with E-state index in [-0.39, 0.29) is 74.5 Å². The number of hydrogen-bond acceptors (Lipinski definition) is 38. The van der Waals surface area contributed by atoms with Crippen LogP contribution in [0.25, 0.3) is 11.3 Å². The van der Waals surface area contributed by atoms with Gasteiger partial charge >= 0.3 is 23.3 Å². The zero-order valence-electron chi connectivity index (χ0n) is 67.9. The topological polar surface area (TPSA) is 560 Å². The standard InChI is InChI=1S/C31H37NO12.C30H34O13.C8H9N7O3.C8H11N7O2/c1-13-38-11-23-29(42-13)26(33)27(34)31(43-23)44-28-16-8-22-21(40-12-41-22)7-15(16)24(25-18(28)10-39-30(25)35)14-5-19(36-3)17(9-32-2)20(6-14)37-4;1-12-37-10-21-28(41-12)24(31)25(32)30(42-21)43-26-15-8-18-17(39-11-40-18)7-14(15)22(23-16(26)9-38-29(23)33)13-5-19(34-2)27(36-4)20(6-13)35-3;1-10-7(17)6-11-3(4(9)16)5-12-13-14(2)8(18)15(5)6;1-10-3-4-11-5(6(9)16)7-12-13-14(2)8(17)15(4)7/h5-8,13,18,23-29,31-34H,9-12H2,1-4H3;5-8,12,16,21-26,28,30-32H,9-11H2,1-4H3;1-2H3,(H2,9,16)(H,10,17);10H,3H2,1-2H3,(H2,9,16)/t13?,18-,23?,24?,25-,26?,27?,28+,29?,31?;12?,16-,21?,22?,23-,24?,25?,26+,28?,30?;;/m00../s1. The molecule has 0 spiro atoms. The van der Waals surface area contributed by atoms with E-state index in [0.717, 1.165) is 47.1 Å². The lowest BCUT2D eigenvalue weighted by Gasteiger charge is -2.47. The van der Waals surface area contributed by atoms with Crippen molar-refractivity contribution < 1.29 is 134 Å². The van der Waals surface area contributed by atoms with Crippen molar-refractivity contribution in [2.75, 3.05) is 96.7 Å². The van der Waals surface area contributed by atoms with Crippen LogP contribution in [0.4, 0.5) is 0 Å². The van der Waals surface area contributed by atoms with Crippen LogP contribution in [0.2, 0.25) is 0 Å². The van der Waals surface area contributed by atoms with Crippen LogP contribution in [0.1, 0.15) is 114 Å². The first kappa shape index (κ1) is 85.4. The van der Waals surface area contributed by atoms with Crippen LogP contribution in [-0.2, 0) is 84.1 Å². The van der Waals surface area contributed by atoms with E-state index in [1.807, 2.05) is 55.6 Å². The van der Waals surface area contributed by atoms with E-state index >= 15 is 0 Å². The number of nitrogens with zero attached hydrogens (tertiary/aromatic N) is 10. The minimum atomic E-state index is -1.42. The van der Waals surface area contributed by atoms with Gasteiger partial charge in [0.05, 0.1) is 92.6 Å². The molecule has 2 aliphatic carbocycles. The molecule has 6 saturated heterocycles. The molecule has 45 nitrogen and oxygen atoms in total. The predicted molar refractivity (Wildman–Crippen MR) is 408 cm³/mol. The number of aliphatic hydroxyl groups is 4. The second-order valence-electron chi connectivity index (χ2n) is 29.6. The summed E-state index contributed by atoms with van der Waals surface area (Å²) < 4.78 is 114. The smallest absolute Gasteiger partial charge is 0.353 e. The molecule has 14 unspecified atom stereocenters. The van der Waals surface area contributed by atoms with E-state index in [1.165, 1.54) is 46.9 Å². The van der Waals surface area contributed by atoms with Crippen LogP contribution >= 0.6 is 0 Å². The van der Waals surface area contributed by atoms with Gasteiger partial charge in [-0.15, -0.1) is 10.2 Å². The van der Waals surface area contributed by atoms with Crippen molar-refractivity contribution in [1.29, 1.82) is 0 Å². The average molecular weight is 1710 g/mol. The summed E-state index contributed by atoms with van der Waals surface area (Å²) in [5, 5.41) is 66.8. The highest BCUT2D eigenvalue weighted by molar-refractivity contribution is 6.00. The number of amides is 3. The number of nitrogens with two attached hydrogens (primary N) is 2. The lowest BCUT2D eigenvalue weighted by Crippen LogP contribution is -2.63. The number of aromatic nitrogens is 10. The molecule has 0 bridgehead atoms. The number of imidazole rings is 2. The normalized spacial score (nSPS) is 28.5. The number of fused-ring (bicyclic) bond motifs is 10. The number of nitrogens with one attached hydrogen (secondary N) is 3. The van der Waals surface area contributed by atoms with Crippen LogP contribution in [0.3, 0.4) is 0 Å². The Bertz CT molecular complexity index is 5420. The highest BCUT2D eigenvalue weighted by Crippen LogP contribution is 2.59. The third kappa shape index (κ3) is 15.5. The number of benzene rings is 4. The van der Waals surface area contributed by atoms with Crippen molar-refractivity contribution in [2.45, 2.75) is 125 Å². The third-order valence-corrected chi connectivity index (χ3v) is 22.6. The second kappa shape index (κ2) is 35.1. The number of ether oxygens (including phenoxy) is 19. The number of methoxy groups -OCH3 is 5. The van der Waals surface area contributed by atoms with Gasteiger partial charge in [0, 0.05) is 56.9 Å². The number of esters is 2. The first-order valence-corrected chi connectivity index (χ1v) is 38.6. The predicted octanol–water partition coefficient (Wildman–Crippen LogP) is -2.08. The van der Waals surface area contributed by atoms with Crippen molar-refractivity contribution in [3.63, 3.8) is 0 Å². The quantitative estimate of drug-likeness (QED) is 0.0416. The molecule has 12 heterocycles. The van der Waals surface area contributed by atoms with Gasteiger partial charge < -0.3 is 138 Å². The zero-order chi connectivity index (χ0) is 86.7. The summed E-state index contributed by atoms with van der Waals surface area (Å²) in [6.45, 7) is 4.85. The Kier molecular flexibility index (Phi) is 24.6. The van der Waals surface area contributed by atoms with Gasteiger partial charge in [0.1, 0.15) is 66.2 Å². The van der Waals surface area contributed by atoms with E-state index in [4.69, 9.17) is 101 Å². The summed E-state index contributed by atoms with van der Waals surface area (Å²) in [5.41, 5.74) is 14.1. The average Bonchev–Trinajstić information content (AvgIpc) is 1.45. The molecule has 18 rings (SSSR count). The van der Waals surface area contributed by atoms with Gasteiger partial charge in [-0.1, -0.05) is 10.4 Å². The number of hydrogen-bond donors (Lipinski definition) is 9. The van der Waals surface area contributed by atoms with E-state index in [0.29, 0.717) is 76.2 Å². The number of aliphatic hydroxyl groups excluding tert-OH is 4. The Morgan fingerprint density at radius 2 is 0.918 bits per heavy atom. The maximum atomic E-state index is 13.5. The van der Waals surface area contributed by atoms with Crippen LogP contribution < -0.4 is 81.4 Å². The Balaban J connectivity index is 0.000000137. The lowest BCUT2D eigenvalue weighted by atomic mass is 9.66. The molecule has 8 aromatic rings. The third-order valence-electron chi connectivity index (χ3n) is 22.6. The van der Waals surface area contributed by atoms with Gasteiger partial charge in [-0.2, -0.15) is 9.36 Å². The minimum absolute atomic E-state index is 0.0473. The van der Waals surface area contributed by atoms with Crippen LogP contribution in [0.15, 0.2) is 58.1 Å². The largest absolute Gasteiger partial charge is 0.496 e. The fourth-order valence-electron chi connectivity index (χ4n) is 17.0. The highest BCUT2D eigenvalue weighted by Gasteiger charge is 2.59. The van der Waals surface area contributed by atoms with Crippen LogP contribution in [0, 0.1) is 23.7 Å². The van der Waals surface area contributed by atoms with Gasteiger partial charge in [0.15, 0.2) is 82.3 Å². The molecule has 654 valence electrons. The fourth-order valence-corrected chi connectivity index (χ4v) is 17.0. The van der Waals surface area contributed by atoms with Gasteiger partial charge in [-0.05, 0) is 110 Å². The Morgan fingerprint density at radius 3 is 1.33 bits per heavy atom. The van der Waals surface area contributed by atoms with Gasteiger partial charge in [-0.25, -0.2) is 28.4 Å². The second-order valence-corrected chi connectivity index (χ2v) is 29.6. The summed E-state index contributed by atoms with van der Waals surface area (Å²) in [4.78, 5) is 92.4. The zero-order valence-corrected chi connectivity index (χ0v) is 67.9. The molecule has 4 aromatic heterocycles. The van der Waals surface area contributed by atoms with Crippen molar-refractivity contribution in [1.82, 2.24) is 64.7 Å². The Hall–Kier alpha value is -11.6. The van der Waals surface area contributed by atoms with Gasteiger partial charge in [-0.3, -0.25) is 24.0 Å². The van der Waals surface area contributed by atoms with E-state index < -0.39 is 157 Å². The molecule has 11 N–H and O–H groups in total. The molecule has 8 aliphatic heterocycles. The molecule has 0 saturated carbocycles. The summed E-state index contributed by atoms with van der Waals surface area (Å²) in [6, 6.07) is 14.9. The number of cyclic esters (lactones) is 2. The van der Waals surface area contributed by atoms with Crippen LogP contribution in [-0.4, -0.2) is 270 Å². The molecule has 10 aliphatic rings. The highest BCUT2D eigenvalue weighted by atomic mass is 16.8. The first-order valence-electron chi connectivity index (χ1n) is 38.6. The van der Waals surface area contributed by atoms with E-state index in [2.05, 4.69) is 46.5 Å². The molecule has 4 aromatic carbocycles. The molecule has 20 atom stereocenters. The molecule has 3 amide bonds. The van der Waals surface area contributed by atoms with Gasteiger partial charge in [0.25, 0.3) is 17.7 Å². The maximum Gasteiger partial charge on any atom is 0.353 e. The van der Waals surface area contributed by atoms with Crippen molar-refractivity contribution in [3.05, 3.63) is 131 Å². The summed E-state index contributed by atoms with van der Waals surface area (Å²) in [5.74, 6) is -1.54. The Morgan fingerprint density at radius 1 is 0.508 bits per heavy atom. The van der Waals surface area contributed by atoms with Crippen LogP contribution in [0.5, 0.6) is 51.7 Å². The molecule has 45 heteroatoms. The molecular weight excluding hydrogens is 1610 g/mol. The van der Waals surface area contributed by atoms with Crippen molar-refractivity contribution >= 4 is 41.0 Å². The first-order chi connectivity index (χ1) is 58.7. The van der Waals surface area contributed by atoms with E-state index in [1.54, 1.807) is 35.1 Å². The SMILES string of the molecule is CNC(=O)c1nc(C(N)=O)c2nnn(C)c(=O)n12.CNCc1c(OC)cc(C2c3cc4c(cc3[C@@H](OC3OC5COC(C)OC5C(O)C3O)[C@H]3COC(=O)[C@H]23)OCO4)cc1OC.CNCc1nc(C(N)=O)c2nnn(C)c(=O)n12.COc1cc(C2c3cc4c(cc3[C@@H](OC3OC5COC(C)OC5C(O)C3O)[C@H]3COC(=O)[C@H]23)OCO4)cc(OC)c1OC. The van der Waals surface area contributed by atoms with Crippen molar-refractivity contribution in [3.8, 4) is 51.7 Å². The lowest BCUT2D eigenvalue weighted by molar-refractivity contribution is -0.364. The molecule has 122 heavy (non-hydrogen) atoms. The number of primary amides is 2. The Labute approximate surface area is 691 Å². The minimum Gasteiger partial charge on any atom is -0.496 e. The van der Waals surface area contributed by atoms with Crippen molar-refractivity contribution in [2.24, 2.45) is 49.2 Å². The molecule has 6 fully saturated rings. The molecular formula is C77H91N15O30. The summed E-state index contributed by atoms with van der Waals surface area (Å²) >= 11 is 0. The number of carbonyl (C=O) groups is 5. The number of rotatable bonds is 18. The molecule has 0 radical (unpaired) electrons. The summed E-state index contributed by atoms with van der Waals surface area (Å²) in [7, 11) is 15.5. The maximum absolute atomic E-state index is 13.5. The monoisotopic (exact) mass is 1710 g/mol.